The summed E-state index contributed by atoms with van der Waals surface area (Å²) < 4.78 is 5.09. The first kappa shape index (κ1) is 12.4. The molecule has 0 N–H and O–H groups in total. The average Bonchev–Trinajstić information content (AvgIpc) is 2.39. The summed E-state index contributed by atoms with van der Waals surface area (Å²) >= 11 is 1.42. The summed E-state index contributed by atoms with van der Waals surface area (Å²) in [5.74, 6) is 0.808. The Balaban J connectivity index is 2.22. The van der Waals surface area contributed by atoms with Gasteiger partial charge in [0.25, 0.3) is 0 Å². The number of ether oxygens (including phenoxy) is 1. The number of rotatable bonds is 3. The van der Waals surface area contributed by atoms with Gasteiger partial charge in [0.15, 0.2) is 5.16 Å². The van der Waals surface area contributed by atoms with E-state index < -0.39 is 0 Å². The van der Waals surface area contributed by atoms with Gasteiger partial charge < -0.3 is 4.74 Å². The molecule has 0 saturated carbocycles. The van der Waals surface area contributed by atoms with Gasteiger partial charge in [0, 0.05) is 10.6 Å². The summed E-state index contributed by atoms with van der Waals surface area (Å²) in [4.78, 5) is 9.44. The first-order chi connectivity index (χ1) is 8.71. The van der Waals surface area contributed by atoms with Crippen LogP contribution >= 0.6 is 11.8 Å². The molecule has 0 fully saturated rings. The Labute approximate surface area is 110 Å². The molecule has 0 atom stereocenters. The van der Waals surface area contributed by atoms with Gasteiger partial charge in [0.1, 0.15) is 17.5 Å². The third-order valence-corrected chi connectivity index (χ3v) is 3.09. The number of nitriles is 1. The Morgan fingerprint density at radius 3 is 2.56 bits per heavy atom. The van der Waals surface area contributed by atoms with E-state index in [-0.39, 0.29) is 0 Å². The molecule has 4 nitrogen and oxygen atoms in total. The van der Waals surface area contributed by atoms with E-state index in [9.17, 15) is 0 Å². The molecular weight excluding hydrogens is 246 g/mol. The minimum atomic E-state index is 0.388. The Bertz CT molecular complexity index is 590. The van der Waals surface area contributed by atoms with Gasteiger partial charge in [-0.3, -0.25) is 0 Å². The van der Waals surface area contributed by atoms with Crippen molar-refractivity contribution >= 4 is 11.8 Å². The lowest BCUT2D eigenvalue weighted by Crippen LogP contribution is -1.93. The summed E-state index contributed by atoms with van der Waals surface area (Å²) in [6, 6.07) is 11.3. The van der Waals surface area contributed by atoms with Crippen LogP contribution in [0.1, 0.15) is 11.4 Å². The lowest BCUT2D eigenvalue weighted by atomic mass is 10.3. The maximum absolute atomic E-state index is 8.85. The molecule has 0 radical (unpaired) electrons. The molecule has 2 rings (SSSR count). The van der Waals surface area contributed by atoms with Crippen molar-refractivity contribution in [3.8, 4) is 11.8 Å². The molecule has 90 valence electrons. The van der Waals surface area contributed by atoms with Gasteiger partial charge in [-0.2, -0.15) is 5.26 Å². The normalized spacial score (nSPS) is 9.83. The Hall–Kier alpha value is -2.06. The zero-order valence-corrected chi connectivity index (χ0v) is 10.9. The van der Waals surface area contributed by atoms with E-state index in [1.165, 1.54) is 11.8 Å². The topological polar surface area (TPSA) is 58.8 Å². The van der Waals surface area contributed by atoms with Gasteiger partial charge in [-0.05, 0) is 49.0 Å². The van der Waals surface area contributed by atoms with Crippen LogP contribution in [0.3, 0.4) is 0 Å². The second-order valence-electron chi connectivity index (χ2n) is 3.57. The third kappa shape index (κ3) is 2.99. The number of nitrogens with zero attached hydrogens (tertiary/aromatic N) is 3. The fourth-order valence-electron chi connectivity index (χ4n) is 1.39. The zero-order chi connectivity index (χ0) is 13.0. The van der Waals surface area contributed by atoms with Gasteiger partial charge in [-0.25, -0.2) is 9.97 Å². The van der Waals surface area contributed by atoms with Gasteiger partial charge in [0.05, 0.1) is 7.11 Å². The van der Waals surface area contributed by atoms with Gasteiger partial charge in [-0.1, -0.05) is 0 Å². The second-order valence-corrected chi connectivity index (χ2v) is 4.61. The van der Waals surface area contributed by atoms with Crippen molar-refractivity contribution in [2.45, 2.75) is 17.0 Å². The summed E-state index contributed by atoms with van der Waals surface area (Å²) in [6.45, 7) is 1.85. The monoisotopic (exact) mass is 257 g/mol. The van der Waals surface area contributed by atoms with E-state index in [1.807, 2.05) is 37.3 Å². The van der Waals surface area contributed by atoms with Crippen molar-refractivity contribution in [2.24, 2.45) is 0 Å². The number of methoxy groups -OCH3 is 1. The number of aromatic nitrogens is 2. The van der Waals surface area contributed by atoms with Crippen LogP contribution in [-0.2, 0) is 0 Å². The molecule has 1 aromatic carbocycles. The van der Waals surface area contributed by atoms with Crippen molar-refractivity contribution in [3.63, 3.8) is 0 Å². The first-order valence-corrected chi connectivity index (χ1v) is 6.10. The Morgan fingerprint density at radius 2 is 1.94 bits per heavy atom. The predicted molar refractivity (Wildman–Crippen MR) is 68.6 cm³/mol. The highest BCUT2D eigenvalue weighted by atomic mass is 32.2. The van der Waals surface area contributed by atoms with Gasteiger partial charge in [-0.15, -0.1) is 0 Å². The molecule has 0 bridgehead atoms. The van der Waals surface area contributed by atoms with Crippen LogP contribution in [-0.4, -0.2) is 17.1 Å². The molecule has 0 aliphatic rings. The fraction of sp³-hybridized carbons (Fsp3) is 0.154. The summed E-state index contributed by atoms with van der Waals surface area (Å²) in [7, 11) is 1.63. The van der Waals surface area contributed by atoms with Crippen LogP contribution in [0.25, 0.3) is 0 Å². The molecule has 0 amide bonds. The minimum absolute atomic E-state index is 0.388. The molecule has 1 aromatic heterocycles. The van der Waals surface area contributed by atoms with Crippen LogP contribution in [0.4, 0.5) is 0 Å². The van der Waals surface area contributed by atoms with E-state index in [0.29, 0.717) is 10.9 Å². The minimum Gasteiger partial charge on any atom is -0.497 e. The molecule has 18 heavy (non-hydrogen) atoms. The number of benzene rings is 1. The van der Waals surface area contributed by atoms with Crippen LogP contribution < -0.4 is 4.74 Å². The van der Waals surface area contributed by atoms with Crippen LogP contribution in [0.15, 0.2) is 40.4 Å². The standard InChI is InChI=1S/C13H11N3OS/c1-9-7-10(8-14)16-13(15-9)18-12-5-3-11(17-2)4-6-12/h3-7H,1-2H3. The van der Waals surface area contributed by atoms with Crippen molar-refractivity contribution in [2.75, 3.05) is 7.11 Å². The average molecular weight is 257 g/mol. The number of hydrogen-bond acceptors (Lipinski definition) is 5. The van der Waals surface area contributed by atoms with Crippen molar-refractivity contribution in [1.82, 2.24) is 9.97 Å². The van der Waals surface area contributed by atoms with E-state index in [2.05, 4.69) is 9.97 Å². The van der Waals surface area contributed by atoms with Crippen molar-refractivity contribution in [1.29, 1.82) is 5.26 Å². The van der Waals surface area contributed by atoms with Gasteiger partial charge >= 0.3 is 0 Å². The van der Waals surface area contributed by atoms with Crippen molar-refractivity contribution in [3.05, 3.63) is 41.7 Å². The van der Waals surface area contributed by atoms with E-state index in [4.69, 9.17) is 10.00 Å². The lowest BCUT2D eigenvalue weighted by molar-refractivity contribution is 0.414. The van der Waals surface area contributed by atoms with E-state index in [1.54, 1.807) is 13.2 Å². The SMILES string of the molecule is COc1ccc(Sc2nc(C)cc(C#N)n2)cc1. The molecule has 0 aliphatic carbocycles. The molecular formula is C13H11N3OS. The maximum atomic E-state index is 8.85. The van der Waals surface area contributed by atoms with Crippen LogP contribution in [0.5, 0.6) is 5.75 Å². The fourth-order valence-corrected chi connectivity index (χ4v) is 2.21. The summed E-state index contributed by atoms with van der Waals surface area (Å²) in [5, 5.41) is 9.44. The predicted octanol–water partition coefficient (Wildman–Crippen LogP) is 2.82. The highest BCUT2D eigenvalue weighted by molar-refractivity contribution is 7.99. The molecule has 0 saturated heterocycles. The molecule has 0 unspecified atom stereocenters. The molecule has 2 aromatic rings. The second kappa shape index (κ2) is 5.52. The van der Waals surface area contributed by atoms with Crippen LogP contribution in [0, 0.1) is 18.3 Å². The summed E-state index contributed by atoms with van der Waals surface area (Å²) in [5.41, 5.74) is 1.18. The Morgan fingerprint density at radius 1 is 1.22 bits per heavy atom. The van der Waals surface area contributed by atoms with Crippen LogP contribution in [0.2, 0.25) is 0 Å². The van der Waals surface area contributed by atoms with Gasteiger partial charge in [0.2, 0.25) is 0 Å². The third-order valence-electron chi connectivity index (χ3n) is 2.22. The highest BCUT2D eigenvalue weighted by Gasteiger charge is 2.04. The molecule has 0 aliphatic heterocycles. The summed E-state index contributed by atoms with van der Waals surface area (Å²) in [6.07, 6.45) is 0. The first-order valence-electron chi connectivity index (χ1n) is 5.29. The Kier molecular flexibility index (Phi) is 3.80. The number of hydrogen-bond donors (Lipinski definition) is 0. The highest BCUT2D eigenvalue weighted by Crippen LogP contribution is 2.26. The molecule has 1 heterocycles. The smallest absolute Gasteiger partial charge is 0.193 e. The zero-order valence-electron chi connectivity index (χ0n) is 10.0. The van der Waals surface area contributed by atoms with Crippen molar-refractivity contribution < 1.29 is 4.74 Å². The molecule has 0 spiro atoms. The van der Waals surface area contributed by atoms with E-state index >= 15 is 0 Å². The molecule has 5 heteroatoms. The lowest BCUT2D eigenvalue weighted by Gasteiger charge is -2.03. The number of aryl methyl sites for hydroxylation is 1. The quantitative estimate of drug-likeness (QED) is 0.791. The largest absolute Gasteiger partial charge is 0.497 e. The maximum Gasteiger partial charge on any atom is 0.193 e. The van der Waals surface area contributed by atoms with E-state index in [0.717, 1.165) is 16.3 Å².